The first kappa shape index (κ1) is 26.9. The van der Waals surface area contributed by atoms with Gasteiger partial charge < -0.3 is 20.1 Å². The van der Waals surface area contributed by atoms with Crippen molar-refractivity contribution in [3.63, 3.8) is 0 Å². The molecule has 4 aromatic rings. The number of aromatic nitrogens is 2. The molecule has 0 unspecified atom stereocenters. The van der Waals surface area contributed by atoms with Crippen LogP contribution in [0.4, 0.5) is 5.69 Å². The van der Waals surface area contributed by atoms with Crippen LogP contribution in [0.2, 0.25) is 5.02 Å². The zero-order valence-corrected chi connectivity index (χ0v) is 24.1. The number of halogens is 1. The molecule has 2 atom stereocenters. The number of pyridine rings is 1. The molecule has 2 aromatic heterocycles. The van der Waals surface area contributed by atoms with Crippen LogP contribution in [0.25, 0.3) is 5.69 Å². The third-order valence-electron chi connectivity index (χ3n) is 7.28. The number of nitrogens with zero attached hydrogens (tertiary/aromatic N) is 3. The number of amides is 1. The van der Waals surface area contributed by atoms with Crippen LogP contribution in [0.1, 0.15) is 52.3 Å². The first-order chi connectivity index (χ1) is 18.7. The second kappa shape index (κ2) is 11.2. The summed E-state index contributed by atoms with van der Waals surface area (Å²) in [6.45, 7) is 8.80. The van der Waals surface area contributed by atoms with Crippen LogP contribution in [-0.4, -0.2) is 32.0 Å². The molecule has 1 aliphatic heterocycles. The predicted octanol–water partition coefficient (Wildman–Crippen LogP) is 6.76. The van der Waals surface area contributed by atoms with E-state index in [1.165, 1.54) is 0 Å². The molecule has 2 N–H and O–H groups in total. The van der Waals surface area contributed by atoms with Crippen molar-refractivity contribution in [3.8, 4) is 5.69 Å². The number of carbonyl (C=O) groups excluding carboxylic acids is 1. The van der Waals surface area contributed by atoms with E-state index < -0.39 is 0 Å². The second-order valence-corrected chi connectivity index (χ2v) is 10.9. The summed E-state index contributed by atoms with van der Waals surface area (Å²) in [7, 11) is 0. The van der Waals surface area contributed by atoms with Gasteiger partial charge in [0, 0.05) is 46.9 Å². The molecule has 1 fully saturated rings. The topological polar surface area (TPSA) is 62.2 Å². The lowest BCUT2D eigenvalue weighted by molar-refractivity contribution is -0.116. The maximum absolute atomic E-state index is 12.9. The molecular weight excluding hydrogens is 526 g/mol. The summed E-state index contributed by atoms with van der Waals surface area (Å²) in [5.74, 6) is -0.0524. The van der Waals surface area contributed by atoms with E-state index in [2.05, 4.69) is 51.9 Å². The largest absolute Gasteiger partial charge is 0.352 e. The quantitative estimate of drug-likeness (QED) is 0.246. The summed E-state index contributed by atoms with van der Waals surface area (Å²) >= 11 is 12.2. The van der Waals surface area contributed by atoms with Gasteiger partial charge in [-0.1, -0.05) is 35.9 Å². The van der Waals surface area contributed by atoms with Crippen molar-refractivity contribution < 1.29 is 4.79 Å². The van der Waals surface area contributed by atoms with Crippen molar-refractivity contribution in [2.75, 3.05) is 11.9 Å². The predicted molar refractivity (Wildman–Crippen MR) is 162 cm³/mol. The lowest BCUT2D eigenvalue weighted by atomic mass is 9.96. The molecule has 6 nitrogen and oxygen atoms in total. The molecule has 0 radical (unpaired) electrons. The Morgan fingerprint density at radius 1 is 1.05 bits per heavy atom. The average Bonchev–Trinajstić information content (AvgIpc) is 3.39. The van der Waals surface area contributed by atoms with Gasteiger partial charge in [0.2, 0.25) is 5.91 Å². The molecular formula is C31H32ClN5OS. The third-order valence-corrected chi connectivity index (χ3v) is 7.87. The lowest BCUT2D eigenvalue weighted by Gasteiger charge is -2.28. The first-order valence-electron chi connectivity index (χ1n) is 13.0. The number of rotatable bonds is 7. The minimum absolute atomic E-state index is 0.0524. The van der Waals surface area contributed by atoms with Crippen LogP contribution in [0.15, 0.2) is 72.9 Å². The molecule has 2 aromatic carbocycles. The Bertz CT molecular complexity index is 1530. The molecule has 0 saturated carbocycles. The van der Waals surface area contributed by atoms with Crippen molar-refractivity contribution >= 4 is 40.5 Å². The first-order valence-corrected chi connectivity index (χ1v) is 13.8. The Labute approximate surface area is 240 Å². The van der Waals surface area contributed by atoms with Crippen LogP contribution in [0.3, 0.4) is 0 Å². The highest BCUT2D eigenvalue weighted by molar-refractivity contribution is 7.80. The van der Waals surface area contributed by atoms with E-state index in [1.807, 2.05) is 67.6 Å². The van der Waals surface area contributed by atoms with Gasteiger partial charge in [-0.3, -0.25) is 9.78 Å². The monoisotopic (exact) mass is 557 g/mol. The maximum atomic E-state index is 12.9. The van der Waals surface area contributed by atoms with Crippen LogP contribution in [-0.2, 0) is 4.79 Å². The van der Waals surface area contributed by atoms with Gasteiger partial charge in [0.15, 0.2) is 5.11 Å². The molecule has 0 spiro atoms. The lowest BCUT2D eigenvalue weighted by Crippen LogP contribution is -2.32. The highest BCUT2D eigenvalue weighted by atomic mass is 35.5. The van der Waals surface area contributed by atoms with E-state index in [-0.39, 0.29) is 18.0 Å². The fourth-order valence-electron chi connectivity index (χ4n) is 5.43. The fourth-order valence-corrected chi connectivity index (χ4v) is 5.93. The van der Waals surface area contributed by atoms with Gasteiger partial charge in [-0.05, 0) is 99.1 Å². The van der Waals surface area contributed by atoms with Gasteiger partial charge in [-0.25, -0.2) is 0 Å². The molecule has 5 rings (SSSR count). The van der Waals surface area contributed by atoms with Crippen molar-refractivity contribution in [2.45, 2.75) is 46.2 Å². The van der Waals surface area contributed by atoms with E-state index in [1.54, 1.807) is 6.20 Å². The summed E-state index contributed by atoms with van der Waals surface area (Å²) in [6, 6.07) is 21.6. The summed E-state index contributed by atoms with van der Waals surface area (Å²) in [5.41, 5.74) is 8.32. The SMILES string of the molecule is Cc1cccc(NC(=O)CCN2C(=S)N[C@H](c3ccccn3)[C@@H]2c2cc(C)n(-c3cc(Cl)ccc3C)c2C)c1. The third kappa shape index (κ3) is 5.56. The summed E-state index contributed by atoms with van der Waals surface area (Å²) in [5, 5.41) is 7.83. The molecule has 0 aliphatic carbocycles. The highest BCUT2D eigenvalue weighted by Crippen LogP contribution is 2.41. The number of carbonyl (C=O) groups is 1. The van der Waals surface area contributed by atoms with Gasteiger partial charge in [0.05, 0.1) is 17.8 Å². The number of hydrogen-bond donors (Lipinski definition) is 2. The van der Waals surface area contributed by atoms with Crippen LogP contribution >= 0.6 is 23.8 Å². The summed E-state index contributed by atoms with van der Waals surface area (Å²) in [4.78, 5) is 19.7. The molecule has 200 valence electrons. The Kier molecular flexibility index (Phi) is 7.73. The van der Waals surface area contributed by atoms with E-state index in [0.717, 1.165) is 45.1 Å². The molecule has 39 heavy (non-hydrogen) atoms. The van der Waals surface area contributed by atoms with Crippen molar-refractivity contribution in [3.05, 3.63) is 112 Å². The van der Waals surface area contributed by atoms with Gasteiger partial charge in [0.1, 0.15) is 0 Å². The zero-order valence-electron chi connectivity index (χ0n) is 22.5. The molecule has 1 amide bonds. The van der Waals surface area contributed by atoms with E-state index >= 15 is 0 Å². The Hall–Kier alpha value is -3.68. The minimum atomic E-state index is -0.159. The summed E-state index contributed by atoms with van der Waals surface area (Å²) < 4.78 is 2.25. The number of hydrogen-bond acceptors (Lipinski definition) is 3. The average molecular weight is 558 g/mol. The van der Waals surface area contributed by atoms with Crippen LogP contribution in [0, 0.1) is 27.7 Å². The van der Waals surface area contributed by atoms with Crippen LogP contribution in [0.5, 0.6) is 0 Å². The number of anilines is 1. The van der Waals surface area contributed by atoms with Crippen molar-refractivity contribution in [1.82, 2.24) is 19.8 Å². The van der Waals surface area contributed by atoms with E-state index in [4.69, 9.17) is 23.8 Å². The number of nitrogens with one attached hydrogen (secondary N) is 2. The molecule has 8 heteroatoms. The number of thiocarbonyl (C=S) groups is 1. The van der Waals surface area contributed by atoms with Crippen LogP contribution < -0.4 is 10.6 Å². The molecule has 1 saturated heterocycles. The van der Waals surface area contributed by atoms with Gasteiger partial charge in [-0.2, -0.15) is 0 Å². The molecule has 3 heterocycles. The van der Waals surface area contributed by atoms with Gasteiger partial charge in [-0.15, -0.1) is 0 Å². The zero-order chi connectivity index (χ0) is 27.7. The Morgan fingerprint density at radius 2 is 1.87 bits per heavy atom. The fraction of sp³-hybridized carbons (Fsp3) is 0.258. The second-order valence-electron chi connectivity index (χ2n) is 10.1. The minimum Gasteiger partial charge on any atom is -0.352 e. The number of benzene rings is 2. The molecule has 0 bridgehead atoms. The number of aryl methyl sites for hydroxylation is 3. The Balaban J connectivity index is 1.49. The van der Waals surface area contributed by atoms with Crippen molar-refractivity contribution in [1.29, 1.82) is 0 Å². The summed E-state index contributed by atoms with van der Waals surface area (Å²) in [6.07, 6.45) is 2.10. The molecule has 1 aliphatic rings. The van der Waals surface area contributed by atoms with Crippen molar-refractivity contribution in [2.24, 2.45) is 0 Å². The van der Waals surface area contributed by atoms with Gasteiger partial charge >= 0.3 is 0 Å². The Morgan fingerprint density at radius 3 is 2.62 bits per heavy atom. The van der Waals surface area contributed by atoms with Gasteiger partial charge in [0.25, 0.3) is 0 Å². The highest BCUT2D eigenvalue weighted by Gasteiger charge is 2.41. The van der Waals surface area contributed by atoms with E-state index in [0.29, 0.717) is 23.1 Å². The standard InChI is InChI=1S/C31H32ClN5OS/c1-19-8-7-9-24(16-19)34-28(38)13-15-36-30(29(35-31(36)39)26-10-5-6-14-33-26)25-17-21(3)37(22(25)4)27-18-23(32)12-11-20(27)2/h5-12,14,16-18,29-30H,13,15H2,1-4H3,(H,34,38)(H,35,39)/t29-,30+/m1/s1. The van der Waals surface area contributed by atoms with E-state index in [9.17, 15) is 4.79 Å². The normalized spacial score (nSPS) is 16.8. The maximum Gasteiger partial charge on any atom is 0.226 e. The smallest absolute Gasteiger partial charge is 0.226 e.